The number of piperazine rings is 1. The number of hydrogen-bond acceptors (Lipinski definition) is 6. The molecule has 156 valence electrons. The highest BCUT2D eigenvalue weighted by Crippen LogP contribution is 2.54. The Kier molecular flexibility index (Phi) is 4.85. The minimum atomic E-state index is -0.0225. The van der Waals surface area contributed by atoms with E-state index in [9.17, 15) is 4.79 Å². The molecule has 0 aromatic carbocycles. The average Bonchev–Trinajstić information content (AvgIpc) is 3.01. The molecule has 1 saturated carbocycles. The number of ether oxygens (including phenoxy) is 1. The molecule has 0 N–H and O–H groups in total. The Labute approximate surface area is 173 Å². The standard InChI is InChI=1S/C23H32N4O2/c1-16-5-3-6-23(2)14-20-17(13-19(16)23)18(21(28)29-20)15-26-9-11-27(12-10-26)22-24-7-4-8-25-22/h4,7-8,13,16-18,20H,3,5-6,9-12,14-15H2,1-2H3/t16-,17+,18?,20+,23+/m0/s1. The lowest BCUT2D eigenvalue weighted by atomic mass is 9.59. The van der Waals surface area contributed by atoms with Crippen LogP contribution in [0.5, 0.6) is 0 Å². The van der Waals surface area contributed by atoms with Crippen molar-refractivity contribution < 1.29 is 9.53 Å². The number of aromatic nitrogens is 2. The first kappa shape index (κ1) is 19.0. The third kappa shape index (κ3) is 3.45. The van der Waals surface area contributed by atoms with E-state index in [-0.39, 0.29) is 29.3 Å². The molecule has 1 aromatic heterocycles. The van der Waals surface area contributed by atoms with Gasteiger partial charge in [0, 0.05) is 51.0 Å². The minimum Gasteiger partial charge on any atom is -0.461 e. The van der Waals surface area contributed by atoms with Crippen molar-refractivity contribution in [1.82, 2.24) is 14.9 Å². The summed E-state index contributed by atoms with van der Waals surface area (Å²) in [4.78, 5) is 26.2. The summed E-state index contributed by atoms with van der Waals surface area (Å²) in [5.41, 5.74) is 1.83. The lowest BCUT2D eigenvalue weighted by Gasteiger charge is -2.46. The molecule has 1 unspecified atom stereocenters. The van der Waals surface area contributed by atoms with Gasteiger partial charge in [-0.2, -0.15) is 0 Å². The van der Waals surface area contributed by atoms with Crippen LogP contribution in [0, 0.1) is 23.2 Å². The van der Waals surface area contributed by atoms with Crippen LogP contribution in [0.4, 0.5) is 5.95 Å². The summed E-state index contributed by atoms with van der Waals surface area (Å²) < 4.78 is 5.92. The van der Waals surface area contributed by atoms with Crippen molar-refractivity contribution in [2.24, 2.45) is 23.2 Å². The van der Waals surface area contributed by atoms with Gasteiger partial charge in [-0.1, -0.05) is 31.9 Å². The second-order valence-corrected chi connectivity index (χ2v) is 9.68. The summed E-state index contributed by atoms with van der Waals surface area (Å²) in [6.07, 6.45) is 10.9. The van der Waals surface area contributed by atoms with Crippen molar-refractivity contribution >= 4 is 11.9 Å². The van der Waals surface area contributed by atoms with Crippen LogP contribution in [-0.4, -0.2) is 59.7 Å². The third-order valence-corrected chi connectivity index (χ3v) is 7.74. The molecule has 6 heteroatoms. The van der Waals surface area contributed by atoms with Gasteiger partial charge in [0.15, 0.2) is 0 Å². The maximum Gasteiger partial charge on any atom is 0.311 e. The molecule has 6 nitrogen and oxygen atoms in total. The second kappa shape index (κ2) is 7.38. The van der Waals surface area contributed by atoms with Gasteiger partial charge in [-0.15, -0.1) is 0 Å². The summed E-state index contributed by atoms with van der Waals surface area (Å²) >= 11 is 0. The number of allylic oxidation sites excluding steroid dienone is 1. The van der Waals surface area contributed by atoms with Gasteiger partial charge in [-0.25, -0.2) is 9.97 Å². The zero-order chi connectivity index (χ0) is 20.0. The Morgan fingerprint density at radius 1 is 1.21 bits per heavy atom. The molecule has 0 bridgehead atoms. The largest absolute Gasteiger partial charge is 0.461 e. The number of hydrogen-bond donors (Lipinski definition) is 0. The number of carbonyl (C=O) groups excluding carboxylic acids is 1. The summed E-state index contributed by atoms with van der Waals surface area (Å²) in [5.74, 6) is 1.68. The normalized spacial score (nSPS) is 37.5. The van der Waals surface area contributed by atoms with E-state index < -0.39 is 0 Å². The lowest BCUT2D eigenvalue weighted by molar-refractivity contribution is -0.145. The predicted molar refractivity (Wildman–Crippen MR) is 111 cm³/mol. The van der Waals surface area contributed by atoms with E-state index in [0.29, 0.717) is 5.92 Å². The van der Waals surface area contributed by atoms with Crippen LogP contribution in [0.25, 0.3) is 0 Å². The first-order valence-electron chi connectivity index (χ1n) is 11.2. The average molecular weight is 397 g/mol. The molecular weight excluding hydrogens is 364 g/mol. The Morgan fingerprint density at radius 2 is 1.97 bits per heavy atom. The van der Waals surface area contributed by atoms with Crippen molar-refractivity contribution in [3.63, 3.8) is 0 Å². The second-order valence-electron chi connectivity index (χ2n) is 9.68. The minimum absolute atomic E-state index is 0.0144. The smallest absolute Gasteiger partial charge is 0.311 e. The molecule has 1 aromatic rings. The van der Waals surface area contributed by atoms with E-state index in [4.69, 9.17) is 4.74 Å². The van der Waals surface area contributed by atoms with E-state index >= 15 is 0 Å². The first-order valence-corrected chi connectivity index (χ1v) is 11.2. The van der Waals surface area contributed by atoms with Crippen LogP contribution in [-0.2, 0) is 9.53 Å². The molecule has 29 heavy (non-hydrogen) atoms. The zero-order valence-electron chi connectivity index (χ0n) is 17.6. The highest BCUT2D eigenvalue weighted by Gasteiger charge is 2.52. The fourth-order valence-corrected chi connectivity index (χ4v) is 6.12. The van der Waals surface area contributed by atoms with Crippen LogP contribution >= 0.6 is 0 Å². The van der Waals surface area contributed by atoms with Gasteiger partial charge in [-0.3, -0.25) is 9.69 Å². The zero-order valence-corrected chi connectivity index (χ0v) is 17.6. The van der Waals surface area contributed by atoms with E-state index in [1.807, 2.05) is 6.07 Å². The van der Waals surface area contributed by atoms with E-state index in [2.05, 4.69) is 39.7 Å². The van der Waals surface area contributed by atoms with Crippen molar-refractivity contribution in [3.8, 4) is 0 Å². The summed E-state index contributed by atoms with van der Waals surface area (Å²) in [7, 11) is 0. The predicted octanol–water partition coefficient (Wildman–Crippen LogP) is 2.91. The highest BCUT2D eigenvalue weighted by molar-refractivity contribution is 5.76. The fraction of sp³-hybridized carbons (Fsp3) is 0.696. The summed E-state index contributed by atoms with van der Waals surface area (Å²) in [6.45, 7) is 9.22. The molecule has 2 aliphatic carbocycles. The van der Waals surface area contributed by atoms with Gasteiger partial charge in [0.05, 0.1) is 5.92 Å². The van der Waals surface area contributed by atoms with E-state index in [0.717, 1.165) is 45.1 Å². The Morgan fingerprint density at radius 3 is 2.72 bits per heavy atom. The molecule has 2 aliphatic heterocycles. The molecule has 0 radical (unpaired) electrons. The molecular formula is C23H32N4O2. The number of esters is 1. The van der Waals surface area contributed by atoms with Crippen LogP contribution in [0.15, 0.2) is 30.1 Å². The fourth-order valence-electron chi connectivity index (χ4n) is 6.12. The van der Waals surface area contributed by atoms with E-state index in [1.165, 1.54) is 19.3 Å². The maximum absolute atomic E-state index is 12.8. The molecule has 5 atom stereocenters. The molecule has 5 rings (SSSR count). The van der Waals surface area contributed by atoms with Gasteiger partial charge >= 0.3 is 5.97 Å². The Balaban J connectivity index is 1.27. The van der Waals surface area contributed by atoms with Crippen molar-refractivity contribution in [2.45, 2.75) is 45.6 Å². The van der Waals surface area contributed by atoms with Crippen LogP contribution in [0.3, 0.4) is 0 Å². The number of fused-ring (bicyclic) bond motifs is 2. The lowest BCUT2D eigenvalue weighted by Crippen LogP contribution is -2.49. The number of nitrogens with zero attached hydrogens (tertiary/aromatic N) is 4. The number of rotatable bonds is 3. The van der Waals surface area contributed by atoms with E-state index in [1.54, 1.807) is 18.0 Å². The summed E-state index contributed by atoms with van der Waals surface area (Å²) in [6, 6.07) is 1.85. The van der Waals surface area contributed by atoms with Crippen molar-refractivity contribution in [2.75, 3.05) is 37.6 Å². The number of carbonyl (C=O) groups is 1. The van der Waals surface area contributed by atoms with Crippen LogP contribution in [0.1, 0.15) is 39.5 Å². The maximum atomic E-state index is 12.8. The molecule has 0 spiro atoms. The monoisotopic (exact) mass is 396 g/mol. The van der Waals surface area contributed by atoms with Gasteiger partial charge < -0.3 is 9.64 Å². The Bertz CT molecular complexity index is 789. The van der Waals surface area contributed by atoms with Gasteiger partial charge in [0.1, 0.15) is 6.10 Å². The van der Waals surface area contributed by atoms with Crippen LogP contribution in [0.2, 0.25) is 0 Å². The van der Waals surface area contributed by atoms with Gasteiger partial charge in [0.25, 0.3) is 0 Å². The highest BCUT2D eigenvalue weighted by atomic mass is 16.6. The SMILES string of the molecule is C[C@H]1CCC[C@]2(C)C[C@H]3OC(=O)C(CN4CCN(c5ncccn5)CC4)[C@H]3C=C12. The topological polar surface area (TPSA) is 58.6 Å². The number of anilines is 1. The van der Waals surface area contributed by atoms with Gasteiger partial charge in [-0.05, 0) is 36.7 Å². The molecule has 3 fully saturated rings. The van der Waals surface area contributed by atoms with Gasteiger partial charge in [0.2, 0.25) is 5.95 Å². The van der Waals surface area contributed by atoms with Crippen LogP contribution < -0.4 is 4.90 Å². The third-order valence-electron chi connectivity index (χ3n) is 7.74. The van der Waals surface area contributed by atoms with Crippen molar-refractivity contribution in [3.05, 3.63) is 30.1 Å². The summed E-state index contributed by atoms with van der Waals surface area (Å²) in [5, 5.41) is 0. The quantitative estimate of drug-likeness (QED) is 0.578. The molecule has 0 amide bonds. The molecule has 4 aliphatic rings. The molecule has 3 heterocycles. The van der Waals surface area contributed by atoms with Crippen molar-refractivity contribution in [1.29, 1.82) is 0 Å². The first-order chi connectivity index (χ1) is 14.0. The Hall–Kier alpha value is -1.95. The molecule has 2 saturated heterocycles.